The Morgan fingerprint density at radius 1 is 1.05 bits per heavy atom. The standard InChI is InChI=1S/C15H16N2O2/c18-15(17-9-7-16-8-10-17)19-14-6-5-12-3-1-2-4-13(12)11-14/h1-6,11,16H,7-10H2. The van der Waals surface area contributed by atoms with Crippen molar-refractivity contribution in [1.82, 2.24) is 10.2 Å². The van der Waals surface area contributed by atoms with Gasteiger partial charge in [0.2, 0.25) is 0 Å². The highest BCUT2D eigenvalue weighted by atomic mass is 16.6. The van der Waals surface area contributed by atoms with Gasteiger partial charge in [-0.2, -0.15) is 0 Å². The quantitative estimate of drug-likeness (QED) is 0.850. The second kappa shape index (κ2) is 5.28. The average molecular weight is 256 g/mol. The summed E-state index contributed by atoms with van der Waals surface area (Å²) in [6.45, 7) is 3.05. The third-order valence-electron chi connectivity index (χ3n) is 3.30. The number of carbonyl (C=O) groups is 1. The van der Waals surface area contributed by atoms with Crippen LogP contribution in [0, 0.1) is 0 Å². The van der Waals surface area contributed by atoms with Crippen LogP contribution in [-0.4, -0.2) is 37.2 Å². The zero-order valence-corrected chi connectivity index (χ0v) is 10.6. The Labute approximate surface area is 112 Å². The third-order valence-corrected chi connectivity index (χ3v) is 3.30. The number of hydrogen-bond donors (Lipinski definition) is 1. The summed E-state index contributed by atoms with van der Waals surface area (Å²) in [4.78, 5) is 13.7. The number of nitrogens with one attached hydrogen (secondary N) is 1. The zero-order valence-electron chi connectivity index (χ0n) is 10.6. The van der Waals surface area contributed by atoms with Crippen molar-refractivity contribution in [3.8, 4) is 5.75 Å². The van der Waals surface area contributed by atoms with Gasteiger partial charge in [-0.25, -0.2) is 4.79 Å². The average Bonchev–Trinajstić information content (AvgIpc) is 2.48. The molecule has 0 bridgehead atoms. The summed E-state index contributed by atoms with van der Waals surface area (Å²) >= 11 is 0. The molecule has 2 aromatic carbocycles. The van der Waals surface area contributed by atoms with Gasteiger partial charge in [0.05, 0.1) is 0 Å². The molecule has 0 aromatic heterocycles. The van der Waals surface area contributed by atoms with Crippen LogP contribution in [0.4, 0.5) is 4.79 Å². The number of piperazine rings is 1. The number of amides is 1. The van der Waals surface area contributed by atoms with Crippen molar-refractivity contribution < 1.29 is 9.53 Å². The molecule has 0 aliphatic carbocycles. The van der Waals surface area contributed by atoms with Crippen molar-refractivity contribution in [3.63, 3.8) is 0 Å². The lowest BCUT2D eigenvalue weighted by molar-refractivity contribution is 0.146. The van der Waals surface area contributed by atoms with Crippen LogP contribution in [0.2, 0.25) is 0 Å². The van der Waals surface area contributed by atoms with Crippen molar-refractivity contribution in [2.75, 3.05) is 26.2 Å². The van der Waals surface area contributed by atoms with E-state index in [1.54, 1.807) is 4.90 Å². The van der Waals surface area contributed by atoms with E-state index in [1.165, 1.54) is 0 Å². The molecule has 3 rings (SSSR count). The number of hydrogen-bond acceptors (Lipinski definition) is 3. The predicted octanol–water partition coefficient (Wildman–Crippen LogP) is 2.24. The molecule has 0 saturated carbocycles. The van der Waals surface area contributed by atoms with Crippen LogP contribution in [0.25, 0.3) is 10.8 Å². The molecule has 1 amide bonds. The molecule has 0 atom stereocenters. The van der Waals surface area contributed by atoms with Crippen LogP contribution in [0.5, 0.6) is 5.75 Å². The molecule has 1 N–H and O–H groups in total. The number of benzene rings is 2. The van der Waals surface area contributed by atoms with E-state index in [4.69, 9.17) is 4.74 Å². The van der Waals surface area contributed by atoms with Gasteiger partial charge in [0.1, 0.15) is 5.75 Å². The molecule has 2 aromatic rings. The molecule has 4 heteroatoms. The number of ether oxygens (including phenoxy) is 1. The van der Waals surface area contributed by atoms with Gasteiger partial charge in [0, 0.05) is 26.2 Å². The van der Waals surface area contributed by atoms with Crippen LogP contribution in [0.3, 0.4) is 0 Å². The second-order valence-corrected chi connectivity index (χ2v) is 4.61. The van der Waals surface area contributed by atoms with Gasteiger partial charge in [-0.05, 0) is 22.9 Å². The molecular formula is C15H16N2O2. The minimum atomic E-state index is -0.267. The Morgan fingerprint density at radius 3 is 2.58 bits per heavy atom. The number of nitrogens with zero attached hydrogens (tertiary/aromatic N) is 1. The smallest absolute Gasteiger partial charge is 0.410 e. The van der Waals surface area contributed by atoms with Gasteiger partial charge in [-0.1, -0.05) is 30.3 Å². The summed E-state index contributed by atoms with van der Waals surface area (Å²) in [6, 6.07) is 13.7. The third kappa shape index (κ3) is 2.69. The van der Waals surface area contributed by atoms with E-state index in [0.717, 1.165) is 23.9 Å². The van der Waals surface area contributed by atoms with Gasteiger partial charge in [0.25, 0.3) is 0 Å². The Balaban J connectivity index is 1.75. The highest BCUT2D eigenvalue weighted by Crippen LogP contribution is 2.21. The first-order chi connectivity index (χ1) is 9.33. The van der Waals surface area contributed by atoms with Gasteiger partial charge in [-0.15, -0.1) is 0 Å². The monoisotopic (exact) mass is 256 g/mol. The van der Waals surface area contributed by atoms with Crippen molar-refractivity contribution in [3.05, 3.63) is 42.5 Å². The lowest BCUT2D eigenvalue weighted by Crippen LogP contribution is -2.47. The van der Waals surface area contributed by atoms with Gasteiger partial charge < -0.3 is 15.0 Å². The van der Waals surface area contributed by atoms with E-state index in [1.807, 2.05) is 42.5 Å². The summed E-state index contributed by atoms with van der Waals surface area (Å²) in [5.74, 6) is 0.599. The van der Waals surface area contributed by atoms with Gasteiger partial charge in [0.15, 0.2) is 0 Å². The van der Waals surface area contributed by atoms with E-state index < -0.39 is 0 Å². The summed E-state index contributed by atoms with van der Waals surface area (Å²) in [6.07, 6.45) is -0.267. The van der Waals surface area contributed by atoms with Crippen LogP contribution in [-0.2, 0) is 0 Å². The van der Waals surface area contributed by atoms with E-state index >= 15 is 0 Å². The van der Waals surface area contributed by atoms with Gasteiger partial charge in [-0.3, -0.25) is 0 Å². The van der Waals surface area contributed by atoms with Crippen LogP contribution >= 0.6 is 0 Å². The van der Waals surface area contributed by atoms with E-state index in [2.05, 4.69) is 5.32 Å². The van der Waals surface area contributed by atoms with Crippen LogP contribution in [0.1, 0.15) is 0 Å². The first kappa shape index (κ1) is 12.0. The number of rotatable bonds is 1. The maximum absolute atomic E-state index is 12.0. The minimum Gasteiger partial charge on any atom is -0.410 e. The molecule has 4 nitrogen and oxygen atoms in total. The Hall–Kier alpha value is -2.07. The first-order valence-electron chi connectivity index (χ1n) is 6.49. The molecule has 1 saturated heterocycles. The fourth-order valence-electron chi connectivity index (χ4n) is 2.24. The Kier molecular flexibility index (Phi) is 3.33. The van der Waals surface area contributed by atoms with E-state index in [9.17, 15) is 4.79 Å². The van der Waals surface area contributed by atoms with E-state index in [-0.39, 0.29) is 6.09 Å². The summed E-state index contributed by atoms with van der Waals surface area (Å²) in [7, 11) is 0. The van der Waals surface area contributed by atoms with Crippen LogP contribution < -0.4 is 10.1 Å². The molecule has 1 fully saturated rings. The topological polar surface area (TPSA) is 41.6 Å². The van der Waals surface area contributed by atoms with Crippen LogP contribution in [0.15, 0.2) is 42.5 Å². The first-order valence-corrected chi connectivity index (χ1v) is 6.49. The highest BCUT2D eigenvalue weighted by molar-refractivity contribution is 5.84. The SMILES string of the molecule is O=C(Oc1ccc2ccccc2c1)N1CCNCC1. The maximum Gasteiger partial charge on any atom is 0.415 e. The largest absolute Gasteiger partial charge is 0.415 e. The van der Waals surface area contributed by atoms with Crippen molar-refractivity contribution in [1.29, 1.82) is 0 Å². The normalized spacial score (nSPS) is 15.5. The molecule has 1 heterocycles. The molecule has 0 unspecified atom stereocenters. The lowest BCUT2D eigenvalue weighted by atomic mass is 10.1. The maximum atomic E-state index is 12.0. The Morgan fingerprint density at radius 2 is 1.79 bits per heavy atom. The molecule has 1 aliphatic heterocycles. The summed E-state index contributed by atoms with van der Waals surface area (Å²) in [5.41, 5.74) is 0. The number of fused-ring (bicyclic) bond motifs is 1. The predicted molar refractivity (Wildman–Crippen MR) is 74.4 cm³/mol. The molecule has 19 heavy (non-hydrogen) atoms. The van der Waals surface area contributed by atoms with Crippen molar-refractivity contribution >= 4 is 16.9 Å². The van der Waals surface area contributed by atoms with Crippen molar-refractivity contribution in [2.24, 2.45) is 0 Å². The fourth-order valence-corrected chi connectivity index (χ4v) is 2.24. The zero-order chi connectivity index (χ0) is 13.1. The summed E-state index contributed by atoms with van der Waals surface area (Å²) < 4.78 is 5.42. The minimum absolute atomic E-state index is 0.267. The summed E-state index contributed by atoms with van der Waals surface area (Å²) in [5, 5.41) is 5.43. The molecule has 1 aliphatic rings. The molecule has 98 valence electrons. The Bertz CT molecular complexity index is 591. The van der Waals surface area contributed by atoms with E-state index in [0.29, 0.717) is 18.8 Å². The molecular weight excluding hydrogens is 240 g/mol. The fraction of sp³-hybridized carbons (Fsp3) is 0.267. The van der Waals surface area contributed by atoms with Crippen molar-refractivity contribution in [2.45, 2.75) is 0 Å². The molecule has 0 spiro atoms. The highest BCUT2D eigenvalue weighted by Gasteiger charge is 2.17. The number of carbonyl (C=O) groups excluding carboxylic acids is 1. The molecule has 0 radical (unpaired) electrons. The lowest BCUT2D eigenvalue weighted by Gasteiger charge is -2.26. The second-order valence-electron chi connectivity index (χ2n) is 4.61. The van der Waals surface area contributed by atoms with Gasteiger partial charge >= 0.3 is 6.09 Å².